The van der Waals surface area contributed by atoms with Gasteiger partial charge in [0.1, 0.15) is 0 Å². The van der Waals surface area contributed by atoms with Gasteiger partial charge in [0.2, 0.25) is 10.0 Å². The smallest absolute Gasteiger partial charge is 0.279 e. The van der Waals surface area contributed by atoms with Crippen LogP contribution < -0.4 is 4.80 Å². The number of rotatable bonds is 12. The van der Waals surface area contributed by atoms with Crippen molar-refractivity contribution in [3.8, 4) is 0 Å². The molecule has 3 rings (SSSR count). The molecule has 1 heterocycles. The molecule has 0 fully saturated rings. The minimum atomic E-state index is -3.63. The number of halogens is 1. The number of unbranched alkanes of at least 4 members (excludes halogenated alkanes) is 2. The molecule has 0 saturated carbocycles. The number of hydrogen-bond acceptors (Lipinski definition) is 5. The number of hydrogen-bond donors (Lipinski definition) is 0. The normalized spacial score (nSPS) is 12.7. The van der Waals surface area contributed by atoms with Crippen LogP contribution in [0.5, 0.6) is 0 Å². The average Bonchev–Trinajstić information content (AvgIpc) is 3.20. The van der Waals surface area contributed by atoms with Crippen LogP contribution in [0.3, 0.4) is 0 Å². The van der Waals surface area contributed by atoms with Crippen molar-refractivity contribution >= 4 is 49.1 Å². The summed E-state index contributed by atoms with van der Waals surface area (Å²) in [5, 5.41) is 0.578. The quantitative estimate of drug-likeness (QED) is 0.312. The van der Waals surface area contributed by atoms with Crippen LogP contribution in [0, 0.1) is 0 Å². The Bertz CT molecular complexity index is 1310. The Hall–Kier alpha value is -2.04. The van der Waals surface area contributed by atoms with Gasteiger partial charge in [-0.05, 0) is 49.2 Å². The molecule has 7 nitrogen and oxygen atoms in total. The highest BCUT2D eigenvalue weighted by Crippen LogP contribution is 2.25. The molecule has 0 N–H and O–H groups in total. The molecule has 2 aromatic carbocycles. The van der Waals surface area contributed by atoms with Crippen LogP contribution in [0.25, 0.3) is 10.2 Å². The standard InChI is InChI=1S/C25H32ClN3O4S2/c1-4-6-15-28(16-7-5-2)35(31,32)20-13-11-19(12-14-20)24(30)27-25-29(17-18-33-3)23-21(26)9-8-10-22(23)34-25/h8-14H,4-7,15-18H2,1-3H3. The van der Waals surface area contributed by atoms with Gasteiger partial charge in [0.15, 0.2) is 4.80 Å². The molecule has 0 unspecified atom stereocenters. The molecule has 10 heteroatoms. The van der Waals surface area contributed by atoms with Crippen LogP contribution in [0.1, 0.15) is 49.9 Å². The largest absolute Gasteiger partial charge is 0.383 e. The minimum absolute atomic E-state index is 0.185. The lowest BCUT2D eigenvalue weighted by molar-refractivity contribution is 0.0997. The second kappa shape index (κ2) is 12.8. The minimum Gasteiger partial charge on any atom is -0.383 e. The molecule has 35 heavy (non-hydrogen) atoms. The number of methoxy groups -OCH3 is 1. The Balaban J connectivity index is 1.92. The van der Waals surface area contributed by atoms with Crippen LogP contribution in [0.4, 0.5) is 0 Å². The van der Waals surface area contributed by atoms with Crippen molar-refractivity contribution in [1.29, 1.82) is 0 Å². The van der Waals surface area contributed by atoms with Crippen LogP contribution in [-0.2, 0) is 21.3 Å². The number of carbonyl (C=O) groups is 1. The highest BCUT2D eigenvalue weighted by Gasteiger charge is 2.23. The van der Waals surface area contributed by atoms with Gasteiger partial charge < -0.3 is 9.30 Å². The molecular weight excluding hydrogens is 506 g/mol. The summed E-state index contributed by atoms with van der Waals surface area (Å²) in [6, 6.07) is 11.6. The topological polar surface area (TPSA) is 81.0 Å². The first-order valence-electron chi connectivity index (χ1n) is 11.8. The number of carbonyl (C=O) groups excluding carboxylic acids is 1. The molecule has 0 bridgehead atoms. The first-order valence-corrected chi connectivity index (χ1v) is 14.4. The number of aromatic nitrogens is 1. The summed E-state index contributed by atoms with van der Waals surface area (Å²) in [4.78, 5) is 18.0. The first kappa shape index (κ1) is 27.5. The van der Waals surface area contributed by atoms with E-state index < -0.39 is 15.9 Å². The van der Waals surface area contributed by atoms with E-state index in [9.17, 15) is 13.2 Å². The van der Waals surface area contributed by atoms with Crippen LogP contribution in [0.15, 0.2) is 52.4 Å². The Morgan fingerprint density at radius 1 is 1.09 bits per heavy atom. The van der Waals surface area contributed by atoms with Crippen LogP contribution in [0.2, 0.25) is 5.02 Å². The number of benzene rings is 2. The molecule has 190 valence electrons. The number of para-hydroxylation sites is 1. The second-order valence-electron chi connectivity index (χ2n) is 8.17. The fourth-order valence-electron chi connectivity index (χ4n) is 3.65. The third kappa shape index (κ3) is 6.59. The molecule has 0 aliphatic rings. The predicted octanol–water partition coefficient (Wildman–Crippen LogP) is 5.33. The zero-order valence-corrected chi connectivity index (χ0v) is 22.8. The summed E-state index contributed by atoms with van der Waals surface area (Å²) in [7, 11) is -2.01. The maximum absolute atomic E-state index is 13.2. The van der Waals surface area contributed by atoms with E-state index in [-0.39, 0.29) is 4.90 Å². The molecule has 0 radical (unpaired) electrons. The van der Waals surface area contributed by atoms with Gasteiger partial charge in [0.25, 0.3) is 5.91 Å². The molecule has 0 saturated heterocycles. The molecule has 3 aromatic rings. The lowest BCUT2D eigenvalue weighted by Gasteiger charge is -2.22. The van der Waals surface area contributed by atoms with Crippen molar-refractivity contribution in [2.24, 2.45) is 4.99 Å². The number of amides is 1. The Morgan fingerprint density at radius 2 is 1.74 bits per heavy atom. The number of sulfonamides is 1. The van der Waals surface area contributed by atoms with Gasteiger partial charge in [-0.3, -0.25) is 4.79 Å². The SMILES string of the molecule is CCCCN(CCCC)S(=O)(=O)c1ccc(C(=O)N=c2sc3cccc(Cl)c3n2CCOC)cc1. The van der Waals surface area contributed by atoms with E-state index in [0.29, 0.717) is 41.6 Å². The number of ether oxygens (including phenoxy) is 1. The van der Waals surface area contributed by atoms with E-state index in [2.05, 4.69) is 4.99 Å². The zero-order valence-electron chi connectivity index (χ0n) is 20.4. The lowest BCUT2D eigenvalue weighted by Crippen LogP contribution is -2.33. The van der Waals surface area contributed by atoms with E-state index in [1.807, 2.05) is 30.5 Å². The van der Waals surface area contributed by atoms with Gasteiger partial charge in [0, 0.05) is 32.3 Å². The van der Waals surface area contributed by atoms with Gasteiger partial charge in [0.05, 0.1) is 26.7 Å². The molecule has 0 atom stereocenters. The summed E-state index contributed by atoms with van der Waals surface area (Å²) >= 11 is 7.79. The average molecular weight is 538 g/mol. The van der Waals surface area contributed by atoms with Crippen molar-refractivity contribution in [1.82, 2.24) is 8.87 Å². The molecule has 1 aromatic heterocycles. The van der Waals surface area contributed by atoms with Gasteiger partial charge in [-0.15, -0.1) is 0 Å². The molecular formula is C25H32ClN3O4S2. The Kier molecular flexibility index (Phi) is 10.1. The first-order chi connectivity index (χ1) is 16.8. The monoisotopic (exact) mass is 537 g/mol. The maximum atomic E-state index is 13.2. The molecule has 0 spiro atoms. The van der Waals surface area contributed by atoms with Crippen molar-refractivity contribution in [3.63, 3.8) is 0 Å². The fourth-order valence-corrected chi connectivity index (χ4v) is 6.58. The fraction of sp³-hybridized carbons (Fsp3) is 0.440. The summed E-state index contributed by atoms with van der Waals surface area (Å²) in [5.74, 6) is -0.448. The summed E-state index contributed by atoms with van der Waals surface area (Å²) in [6.45, 7) is 6.00. The van der Waals surface area contributed by atoms with Crippen molar-refractivity contribution in [3.05, 3.63) is 57.9 Å². The van der Waals surface area contributed by atoms with Crippen LogP contribution >= 0.6 is 22.9 Å². The Morgan fingerprint density at radius 3 is 2.34 bits per heavy atom. The highest BCUT2D eigenvalue weighted by atomic mass is 35.5. The van der Waals surface area contributed by atoms with E-state index >= 15 is 0 Å². The van der Waals surface area contributed by atoms with E-state index in [1.165, 1.54) is 35.6 Å². The molecule has 0 aliphatic heterocycles. The third-order valence-electron chi connectivity index (χ3n) is 5.63. The maximum Gasteiger partial charge on any atom is 0.279 e. The molecule has 1 amide bonds. The van der Waals surface area contributed by atoms with Crippen molar-refractivity contribution in [2.75, 3.05) is 26.8 Å². The number of nitrogens with zero attached hydrogens (tertiary/aromatic N) is 3. The van der Waals surface area contributed by atoms with Gasteiger partial charge in [-0.25, -0.2) is 8.42 Å². The Labute approximate surface area is 216 Å². The summed E-state index contributed by atoms with van der Waals surface area (Å²) < 4.78 is 35.9. The summed E-state index contributed by atoms with van der Waals surface area (Å²) in [5.41, 5.74) is 1.13. The number of thiazole rings is 1. The van der Waals surface area contributed by atoms with Gasteiger partial charge in [-0.1, -0.05) is 55.7 Å². The summed E-state index contributed by atoms with van der Waals surface area (Å²) in [6.07, 6.45) is 3.45. The number of fused-ring (bicyclic) bond motifs is 1. The van der Waals surface area contributed by atoms with Gasteiger partial charge >= 0.3 is 0 Å². The van der Waals surface area contributed by atoms with Gasteiger partial charge in [-0.2, -0.15) is 9.30 Å². The lowest BCUT2D eigenvalue weighted by atomic mass is 10.2. The van der Waals surface area contributed by atoms with Crippen molar-refractivity contribution in [2.45, 2.75) is 51.0 Å². The van der Waals surface area contributed by atoms with E-state index in [1.54, 1.807) is 17.5 Å². The second-order valence-corrected chi connectivity index (χ2v) is 11.5. The third-order valence-corrected chi connectivity index (χ3v) is 8.89. The van der Waals surface area contributed by atoms with Crippen LogP contribution in [-0.4, -0.2) is 50.0 Å². The zero-order chi connectivity index (χ0) is 25.4. The van der Waals surface area contributed by atoms with E-state index in [0.717, 1.165) is 35.9 Å². The predicted molar refractivity (Wildman–Crippen MR) is 142 cm³/mol. The molecule has 0 aliphatic carbocycles. The highest BCUT2D eigenvalue weighted by molar-refractivity contribution is 7.89. The van der Waals surface area contributed by atoms with Crippen molar-refractivity contribution < 1.29 is 17.9 Å². The van der Waals surface area contributed by atoms with E-state index in [4.69, 9.17) is 16.3 Å².